The van der Waals surface area contributed by atoms with Crippen LogP contribution < -0.4 is 0 Å². The molecule has 0 saturated heterocycles. The van der Waals surface area contributed by atoms with E-state index < -0.39 is 0 Å². The fourth-order valence-corrected chi connectivity index (χ4v) is 2.70. The van der Waals surface area contributed by atoms with E-state index in [1.165, 1.54) is 29.5 Å². The molecule has 0 spiro atoms. The molecule has 1 aromatic carbocycles. The van der Waals surface area contributed by atoms with Crippen LogP contribution >= 0.6 is 15.9 Å². The minimum atomic E-state index is 0.872. The van der Waals surface area contributed by atoms with Crippen LogP contribution in [0.25, 0.3) is 0 Å². The second-order valence-electron chi connectivity index (χ2n) is 3.85. The second-order valence-corrected chi connectivity index (χ2v) is 4.71. The molecule has 1 aromatic rings. The van der Waals surface area contributed by atoms with Gasteiger partial charge in [0.2, 0.25) is 0 Å². The molecule has 1 aliphatic rings. The van der Waals surface area contributed by atoms with Gasteiger partial charge in [-0.2, -0.15) is 0 Å². The second kappa shape index (κ2) is 3.85. The lowest BCUT2D eigenvalue weighted by Crippen LogP contribution is -2.08. The quantitative estimate of drug-likeness (QED) is 0.700. The SMILES string of the molecule is Cc1c(Br)cc(C=O)c2c1CCCC2. The number of rotatable bonds is 1. The molecule has 0 atom stereocenters. The fraction of sp³-hybridized carbons (Fsp3) is 0.417. The Labute approximate surface area is 92.6 Å². The summed E-state index contributed by atoms with van der Waals surface area (Å²) in [5.74, 6) is 0. The molecule has 0 aliphatic heterocycles. The van der Waals surface area contributed by atoms with Crippen LogP contribution in [0.15, 0.2) is 10.5 Å². The van der Waals surface area contributed by atoms with Gasteiger partial charge in [-0.3, -0.25) is 4.79 Å². The van der Waals surface area contributed by atoms with Crippen molar-refractivity contribution in [3.8, 4) is 0 Å². The summed E-state index contributed by atoms with van der Waals surface area (Å²) < 4.78 is 1.07. The van der Waals surface area contributed by atoms with Crippen LogP contribution in [0.1, 0.15) is 39.9 Å². The molecule has 2 heteroatoms. The largest absolute Gasteiger partial charge is 0.298 e. The molecule has 0 N–H and O–H groups in total. The number of carbonyl (C=O) groups is 1. The first-order valence-corrected chi connectivity index (χ1v) is 5.79. The Bertz CT molecular complexity index is 382. The summed E-state index contributed by atoms with van der Waals surface area (Å²) in [6, 6.07) is 1.95. The average Bonchev–Trinajstić information content (AvgIpc) is 2.23. The molecule has 0 saturated carbocycles. The summed E-state index contributed by atoms with van der Waals surface area (Å²) >= 11 is 3.51. The summed E-state index contributed by atoms with van der Waals surface area (Å²) in [4.78, 5) is 10.9. The lowest BCUT2D eigenvalue weighted by atomic mass is 9.86. The first-order chi connectivity index (χ1) is 6.74. The molecule has 14 heavy (non-hydrogen) atoms. The van der Waals surface area contributed by atoms with Gasteiger partial charge in [0.25, 0.3) is 0 Å². The van der Waals surface area contributed by atoms with Gasteiger partial charge < -0.3 is 0 Å². The van der Waals surface area contributed by atoms with Crippen LogP contribution in [0.4, 0.5) is 0 Å². The zero-order valence-corrected chi connectivity index (χ0v) is 9.86. The van der Waals surface area contributed by atoms with Gasteiger partial charge in [0.15, 0.2) is 0 Å². The standard InChI is InChI=1S/C12H13BrO/c1-8-10-4-2-3-5-11(10)9(7-14)6-12(8)13/h6-7H,2-5H2,1H3. The number of hydrogen-bond donors (Lipinski definition) is 0. The summed E-state index contributed by atoms with van der Waals surface area (Å²) in [5, 5.41) is 0. The zero-order valence-electron chi connectivity index (χ0n) is 8.27. The van der Waals surface area contributed by atoms with Crippen molar-refractivity contribution in [3.05, 3.63) is 32.8 Å². The number of halogens is 1. The van der Waals surface area contributed by atoms with Crippen LogP contribution in [-0.4, -0.2) is 6.29 Å². The fourth-order valence-electron chi connectivity index (χ4n) is 2.22. The average molecular weight is 253 g/mol. The Hall–Kier alpha value is -0.630. The van der Waals surface area contributed by atoms with Crippen molar-refractivity contribution < 1.29 is 4.79 Å². The van der Waals surface area contributed by atoms with E-state index in [0.717, 1.165) is 29.2 Å². The van der Waals surface area contributed by atoms with Crippen LogP contribution in [0.3, 0.4) is 0 Å². The first kappa shape index (κ1) is 9.91. The smallest absolute Gasteiger partial charge is 0.150 e. The maximum absolute atomic E-state index is 10.9. The molecule has 0 fully saturated rings. The zero-order chi connectivity index (χ0) is 10.1. The number of aldehydes is 1. The van der Waals surface area contributed by atoms with Gasteiger partial charge in [-0.05, 0) is 55.4 Å². The van der Waals surface area contributed by atoms with E-state index in [2.05, 4.69) is 22.9 Å². The number of benzene rings is 1. The Morgan fingerprint density at radius 1 is 1.29 bits per heavy atom. The predicted molar refractivity (Wildman–Crippen MR) is 60.9 cm³/mol. The Kier molecular flexibility index (Phi) is 2.73. The Morgan fingerprint density at radius 3 is 2.57 bits per heavy atom. The van der Waals surface area contributed by atoms with E-state index in [1.54, 1.807) is 0 Å². The van der Waals surface area contributed by atoms with Crippen molar-refractivity contribution in [2.45, 2.75) is 32.6 Å². The molecule has 74 valence electrons. The highest BCUT2D eigenvalue weighted by Crippen LogP contribution is 2.31. The third-order valence-corrected chi connectivity index (χ3v) is 3.86. The number of fused-ring (bicyclic) bond motifs is 1. The van der Waals surface area contributed by atoms with E-state index in [9.17, 15) is 4.79 Å². The van der Waals surface area contributed by atoms with E-state index in [1.807, 2.05) is 6.07 Å². The normalized spacial score (nSPS) is 15.0. The lowest BCUT2D eigenvalue weighted by molar-refractivity contribution is 0.112. The summed E-state index contributed by atoms with van der Waals surface area (Å²) in [6.07, 6.45) is 5.64. The minimum absolute atomic E-state index is 0.872. The highest BCUT2D eigenvalue weighted by atomic mass is 79.9. The molecule has 2 rings (SSSR count). The van der Waals surface area contributed by atoms with E-state index >= 15 is 0 Å². The first-order valence-electron chi connectivity index (χ1n) is 5.00. The van der Waals surface area contributed by atoms with E-state index in [0.29, 0.717) is 0 Å². The highest BCUT2D eigenvalue weighted by Gasteiger charge is 2.16. The lowest BCUT2D eigenvalue weighted by Gasteiger charge is -2.20. The summed E-state index contributed by atoms with van der Waals surface area (Å²) in [5.41, 5.74) is 4.86. The van der Waals surface area contributed by atoms with Gasteiger partial charge in [0.05, 0.1) is 0 Å². The molecule has 1 nitrogen and oxygen atoms in total. The van der Waals surface area contributed by atoms with Crippen molar-refractivity contribution in [3.63, 3.8) is 0 Å². The Morgan fingerprint density at radius 2 is 1.93 bits per heavy atom. The monoisotopic (exact) mass is 252 g/mol. The van der Waals surface area contributed by atoms with E-state index in [4.69, 9.17) is 0 Å². The van der Waals surface area contributed by atoms with Gasteiger partial charge in [-0.15, -0.1) is 0 Å². The molecule has 1 aliphatic carbocycles. The molecule has 0 heterocycles. The van der Waals surface area contributed by atoms with Gasteiger partial charge in [-0.25, -0.2) is 0 Å². The molecule has 0 aromatic heterocycles. The van der Waals surface area contributed by atoms with Gasteiger partial charge in [0.1, 0.15) is 6.29 Å². The van der Waals surface area contributed by atoms with Crippen molar-refractivity contribution in [2.75, 3.05) is 0 Å². The van der Waals surface area contributed by atoms with Crippen molar-refractivity contribution in [1.29, 1.82) is 0 Å². The maximum atomic E-state index is 10.9. The minimum Gasteiger partial charge on any atom is -0.298 e. The topological polar surface area (TPSA) is 17.1 Å². The molecule has 0 amide bonds. The molecular formula is C12H13BrO. The van der Waals surface area contributed by atoms with Crippen molar-refractivity contribution in [1.82, 2.24) is 0 Å². The van der Waals surface area contributed by atoms with Crippen LogP contribution in [0.5, 0.6) is 0 Å². The summed E-state index contributed by atoms with van der Waals surface area (Å²) in [7, 11) is 0. The van der Waals surface area contributed by atoms with Gasteiger partial charge in [-0.1, -0.05) is 15.9 Å². The molecular weight excluding hydrogens is 240 g/mol. The molecule has 0 unspecified atom stereocenters. The number of carbonyl (C=O) groups excluding carboxylic acids is 1. The van der Waals surface area contributed by atoms with Crippen LogP contribution in [-0.2, 0) is 12.8 Å². The highest BCUT2D eigenvalue weighted by molar-refractivity contribution is 9.10. The van der Waals surface area contributed by atoms with E-state index in [-0.39, 0.29) is 0 Å². The summed E-state index contributed by atoms with van der Waals surface area (Å²) in [6.45, 7) is 2.13. The molecule has 0 radical (unpaired) electrons. The van der Waals surface area contributed by atoms with Crippen molar-refractivity contribution in [2.24, 2.45) is 0 Å². The molecule has 0 bridgehead atoms. The number of hydrogen-bond acceptors (Lipinski definition) is 1. The van der Waals surface area contributed by atoms with Gasteiger partial charge >= 0.3 is 0 Å². The maximum Gasteiger partial charge on any atom is 0.150 e. The predicted octanol–water partition coefficient (Wildman–Crippen LogP) is 3.45. The third-order valence-electron chi connectivity index (χ3n) is 3.04. The van der Waals surface area contributed by atoms with Gasteiger partial charge in [0, 0.05) is 10.0 Å². The van der Waals surface area contributed by atoms with Crippen LogP contribution in [0.2, 0.25) is 0 Å². The third kappa shape index (κ3) is 1.52. The Balaban J connectivity index is 2.66. The van der Waals surface area contributed by atoms with Crippen molar-refractivity contribution >= 4 is 22.2 Å². The van der Waals surface area contributed by atoms with Crippen LogP contribution in [0, 0.1) is 6.92 Å².